The molecule has 2 amide bonds. The Morgan fingerprint density at radius 1 is 1.06 bits per heavy atom. The lowest BCUT2D eigenvalue weighted by atomic mass is 9.91. The zero-order chi connectivity index (χ0) is 34.9. The molecule has 0 aromatic heterocycles. The summed E-state index contributed by atoms with van der Waals surface area (Å²) in [5.41, 5.74) is -0.0897. The van der Waals surface area contributed by atoms with Crippen molar-refractivity contribution in [1.29, 1.82) is 0 Å². The number of carbonyl (C=O) groups excluding carboxylic acids is 5. The molecule has 1 heterocycles. The first kappa shape index (κ1) is 37.8. The van der Waals surface area contributed by atoms with Gasteiger partial charge in [0.15, 0.2) is 5.78 Å². The van der Waals surface area contributed by atoms with E-state index in [1.807, 2.05) is 42.5 Å². The van der Waals surface area contributed by atoms with Crippen LogP contribution in [0.15, 0.2) is 42.5 Å². The first-order valence-corrected chi connectivity index (χ1v) is 16.8. The Morgan fingerprint density at radius 3 is 2.36 bits per heavy atom. The largest absolute Gasteiger partial charge is 0.469 e. The number of hydrogen-bond acceptors (Lipinski definition) is 8. The van der Waals surface area contributed by atoms with Gasteiger partial charge in [0.05, 0.1) is 31.4 Å². The number of benzene rings is 1. The highest BCUT2D eigenvalue weighted by Gasteiger charge is 2.69. The first-order chi connectivity index (χ1) is 22.1. The number of piperidine rings is 1. The SMILES string of the molecule is CCCCC=CCN(C[C@H](CC(=O)OC(C)(C)C)C(=O)N1C[C@H]2[C@@H]([C@H]1C(=O)C[C@@H](C)C(=O)OC)C2(C)C)C(=O)OCc1ccccc1. The van der Waals surface area contributed by atoms with Gasteiger partial charge in [0.25, 0.3) is 0 Å². The van der Waals surface area contributed by atoms with Gasteiger partial charge >= 0.3 is 18.0 Å². The summed E-state index contributed by atoms with van der Waals surface area (Å²) in [7, 11) is 1.28. The van der Waals surface area contributed by atoms with Gasteiger partial charge in [0.1, 0.15) is 12.2 Å². The molecule has 10 heteroatoms. The number of unbranched alkanes of at least 4 members (excludes halogenated alkanes) is 2. The maximum atomic E-state index is 14.4. The van der Waals surface area contributed by atoms with E-state index in [9.17, 15) is 24.0 Å². The molecule has 260 valence electrons. The summed E-state index contributed by atoms with van der Waals surface area (Å²) in [5, 5.41) is 0. The number of Topliss-reactive ketones (excluding diaryl/α,β-unsaturated/α-hetero) is 1. The number of hydrogen-bond donors (Lipinski definition) is 0. The predicted octanol–water partition coefficient (Wildman–Crippen LogP) is 5.97. The van der Waals surface area contributed by atoms with Crippen molar-refractivity contribution in [3.63, 3.8) is 0 Å². The molecule has 2 aliphatic rings. The van der Waals surface area contributed by atoms with E-state index in [0.717, 1.165) is 24.8 Å². The summed E-state index contributed by atoms with van der Waals surface area (Å²) >= 11 is 0. The molecular formula is C37H54N2O8. The predicted molar refractivity (Wildman–Crippen MR) is 178 cm³/mol. The topological polar surface area (TPSA) is 120 Å². The molecule has 0 radical (unpaired) electrons. The summed E-state index contributed by atoms with van der Waals surface area (Å²) in [6.45, 7) is 13.7. The molecule has 1 saturated heterocycles. The highest BCUT2D eigenvalue weighted by Crippen LogP contribution is 2.65. The minimum absolute atomic E-state index is 0.0555. The van der Waals surface area contributed by atoms with Crippen molar-refractivity contribution in [2.75, 3.05) is 26.7 Å². The molecule has 2 fully saturated rings. The molecule has 3 rings (SSSR count). The third-order valence-electron chi connectivity index (χ3n) is 9.24. The molecule has 1 aliphatic heterocycles. The second-order valence-corrected chi connectivity index (χ2v) is 14.5. The minimum Gasteiger partial charge on any atom is -0.469 e. The number of esters is 2. The number of nitrogens with zero attached hydrogens (tertiary/aromatic N) is 2. The fourth-order valence-corrected chi connectivity index (χ4v) is 6.58. The van der Waals surface area contributed by atoms with Crippen molar-refractivity contribution in [1.82, 2.24) is 9.80 Å². The van der Waals surface area contributed by atoms with Crippen LogP contribution in [0.3, 0.4) is 0 Å². The van der Waals surface area contributed by atoms with Gasteiger partial charge in [-0.25, -0.2) is 4.79 Å². The second-order valence-electron chi connectivity index (χ2n) is 14.5. The Labute approximate surface area is 280 Å². The molecule has 5 atom stereocenters. The summed E-state index contributed by atoms with van der Waals surface area (Å²) < 4.78 is 16.1. The molecule has 1 aliphatic carbocycles. The van der Waals surface area contributed by atoms with Crippen LogP contribution >= 0.6 is 0 Å². The number of amides is 2. The van der Waals surface area contributed by atoms with Crippen LogP contribution in [0.25, 0.3) is 0 Å². The quantitative estimate of drug-likeness (QED) is 0.0926. The van der Waals surface area contributed by atoms with Crippen LogP contribution in [0, 0.1) is 29.1 Å². The number of ether oxygens (including phenoxy) is 3. The smallest absolute Gasteiger partial charge is 0.410 e. The molecule has 1 aromatic carbocycles. The molecule has 0 spiro atoms. The van der Waals surface area contributed by atoms with E-state index in [1.54, 1.807) is 32.6 Å². The maximum Gasteiger partial charge on any atom is 0.410 e. The van der Waals surface area contributed by atoms with E-state index >= 15 is 0 Å². The monoisotopic (exact) mass is 654 g/mol. The molecule has 10 nitrogen and oxygen atoms in total. The lowest BCUT2D eigenvalue weighted by Gasteiger charge is -2.34. The van der Waals surface area contributed by atoms with Gasteiger partial charge in [-0.3, -0.25) is 19.2 Å². The highest BCUT2D eigenvalue weighted by atomic mass is 16.6. The summed E-state index contributed by atoms with van der Waals surface area (Å²) in [5.74, 6) is -3.23. The fourth-order valence-electron chi connectivity index (χ4n) is 6.58. The maximum absolute atomic E-state index is 14.4. The van der Waals surface area contributed by atoms with Gasteiger partial charge < -0.3 is 24.0 Å². The van der Waals surface area contributed by atoms with E-state index in [2.05, 4.69) is 20.8 Å². The molecule has 47 heavy (non-hydrogen) atoms. The van der Waals surface area contributed by atoms with Gasteiger partial charge in [0.2, 0.25) is 5.91 Å². The molecular weight excluding hydrogens is 600 g/mol. The van der Waals surface area contributed by atoms with Crippen molar-refractivity contribution in [3.8, 4) is 0 Å². The average molecular weight is 655 g/mol. The second kappa shape index (κ2) is 16.4. The van der Waals surface area contributed by atoms with Crippen LogP contribution in [-0.2, 0) is 40.0 Å². The van der Waals surface area contributed by atoms with Gasteiger partial charge in [-0.15, -0.1) is 0 Å². The van der Waals surface area contributed by atoms with Crippen LogP contribution in [0.4, 0.5) is 4.79 Å². The molecule has 0 N–H and O–H groups in total. The number of allylic oxidation sites excluding steroid dienone is 1. The summed E-state index contributed by atoms with van der Waals surface area (Å²) in [6, 6.07) is 8.58. The van der Waals surface area contributed by atoms with E-state index in [0.29, 0.717) is 6.54 Å². The van der Waals surface area contributed by atoms with Crippen molar-refractivity contribution in [3.05, 3.63) is 48.0 Å². The van der Waals surface area contributed by atoms with E-state index in [4.69, 9.17) is 14.2 Å². The van der Waals surface area contributed by atoms with E-state index in [-0.39, 0.29) is 55.6 Å². The van der Waals surface area contributed by atoms with Crippen LogP contribution < -0.4 is 0 Å². The lowest BCUT2D eigenvalue weighted by Crippen LogP contribution is -2.51. The zero-order valence-corrected chi connectivity index (χ0v) is 29.5. The number of ketones is 1. The van der Waals surface area contributed by atoms with Crippen molar-refractivity contribution in [2.45, 2.75) is 98.8 Å². The van der Waals surface area contributed by atoms with Crippen LogP contribution in [-0.4, -0.2) is 77.9 Å². The zero-order valence-electron chi connectivity index (χ0n) is 29.5. The lowest BCUT2D eigenvalue weighted by molar-refractivity contribution is -0.159. The van der Waals surface area contributed by atoms with Gasteiger partial charge in [-0.2, -0.15) is 0 Å². The van der Waals surface area contributed by atoms with Gasteiger partial charge in [-0.1, -0.05) is 83.0 Å². The van der Waals surface area contributed by atoms with E-state index in [1.165, 1.54) is 12.0 Å². The number of methoxy groups -OCH3 is 1. The molecule has 1 aromatic rings. The molecule has 1 saturated carbocycles. The number of fused-ring (bicyclic) bond motifs is 1. The van der Waals surface area contributed by atoms with E-state index < -0.39 is 47.4 Å². The summed E-state index contributed by atoms with van der Waals surface area (Å²) in [4.78, 5) is 70.0. The normalized spacial score (nSPS) is 21.0. The third kappa shape index (κ3) is 10.4. The van der Waals surface area contributed by atoms with Crippen LogP contribution in [0.1, 0.15) is 86.1 Å². The minimum atomic E-state index is -0.980. The Kier molecular flexibility index (Phi) is 13.2. The van der Waals surface area contributed by atoms with Crippen molar-refractivity contribution in [2.24, 2.45) is 29.1 Å². The summed E-state index contributed by atoms with van der Waals surface area (Å²) in [6.07, 6.45) is 5.83. The standard InChI is InChI=1S/C37H54N2O8/c1-9-10-11-12-16-19-38(35(44)46-24-26-17-14-13-15-18-26)22-27(21-30(41)47-36(3,4)5)33(42)39-23-28-31(37(28,6)7)32(39)29(40)20-25(2)34(43)45-8/h12-18,25,27-28,31-32H,9-11,19-24H2,1-8H3/t25-,27+,28+,31+,32-/m1/s1. The Balaban J connectivity index is 1.89. The Bertz CT molecular complexity index is 1280. The third-order valence-corrected chi connectivity index (χ3v) is 9.24. The van der Waals surface area contributed by atoms with Crippen molar-refractivity contribution < 1.29 is 38.2 Å². The highest BCUT2D eigenvalue weighted by molar-refractivity contribution is 5.94. The number of likely N-dealkylation sites (tertiary alicyclic amines) is 1. The Morgan fingerprint density at radius 2 is 1.74 bits per heavy atom. The first-order valence-electron chi connectivity index (χ1n) is 16.8. The van der Waals surface area contributed by atoms with Crippen molar-refractivity contribution >= 4 is 29.7 Å². The number of rotatable bonds is 16. The molecule has 0 unspecified atom stereocenters. The average Bonchev–Trinajstić information content (AvgIpc) is 3.32. The van der Waals surface area contributed by atoms with Crippen LogP contribution in [0.5, 0.6) is 0 Å². The van der Waals surface area contributed by atoms with Gasteiger partial charge in [0, 0.05) is 26.1 Å². The van der Waals surface area contributed by atoms with Crippen LogP contribution in [0.2, 0.25) is 0 Å². The Hall–Kier alpha value is -3.69. The molecule has 0 bridgehead atoms. The van der Waals surface area contributed by atoms with Gasteiger partial charge in [-0.05, 0) is 50.0 Å². The fraction of sp³-hybridized carbons (Fsp3) is 0.649. The number of carbonyl (C=O) groups is 5.